The van der Waals surface area contributed by atoms with E-state index in [9.17, 15) is 13.2 Å². The van der Waals surface area contributed by atoms with Gasteiger partial charge in [0.2, 0.25) is 5.91 Å². The molecule has 0 bridgehead atoms. The zero-order valence-electron chi connectivity index (χ0n) is 12.2. The molecule has 0 unspecified atom stereocenters. The minimum absolute atomic E-state index is 0.351. The zero-order chi connectivity index (χ0) is 15.3. The van der Waals surface area contributed by atoms with Crippen LogP contribution >= 0.6 is 0 Å². The molecule has 116 valence electrons. The Balaban J connectivity index is 1.86. The fourth-order valence-corrected chi connectivity index (χ4v) is 4.02. The van der Waals surface area contributed by atoms with Gasteiger partial charge in [-0.25, -0.2) is 8.42 Å². The van der Waals surface area contributed by atoms with Crippen LogP contribution in [0.4, 0.5) is 0 Å². The van der Waals surface area contributed by atoms with Crippen LogP contribution in [-0.4, -0.2) is 38.5 Å². The van der Waals surface area contributed by atoms with Gasteiger partial charge in [0, 0.05) is 19.8 Å². The standard InChI is InChI=1S/C15H21NO4S/c1-12-3-2-4-13(9-12)10-16-15(17)11-21(18,19)14-5-7-20-8-6-14/h2-4,9,14H,5-8,10-11H2,1H3,(H,16,17). The van der Waals surface area contributed by atoms with E-state index in [1.165, 1.54) is 0 Å². The summed E-state index contributed by atoms with van der Waals surface area (Å²) in [6, 6.07) is 7.75. The molecule has 0 spiro atoms. The number of rotatable bonds is 5. The van der Waals surface area contributed by atoms with Crippen molar-refractivity contribution in [3.05, 3.63) is 35.4 Å². The van der Waals surface area contributed by atoms with Crippen LogP contribution in [0.1, 0.15) is 24.0 Å². The summed E-state index contributed by atoms with van der Waals surface area (Å²) in [5, 5.41) is 2.22. The average Bonchev–Trinajstić information content (AvgIpc) is 2.46. The summed E-state index contributed by atoms with van der Waals surface area (Å²) < 4.78 is 29.4. The summed E-state index contributed by atoms with van der Waals surface area (Å²) in [5.74, 6) is -0.883. The molecule has 1 N–H and O–H groups in total. The van der Waals surface area contributed by atoms with Crippen molar-refractivity contribution < 1.29 is 17.9 Å². The van der Waals surface area contributed by atoms with Crippen LogP contribution in [0.3, 0.4) is 0 Å². The van der Waals surface area contributed by atoms with E-state index in [0.29, 0.717) is 32.6 Å². The number of aryl methyl sites for hydroxylation is 1. The van der Waals surface area contributed by atoms with Crippen LogP contribution in [0.5, 0.6) is 0 Å². The molecule has 1 heterocycles. The van der Waals surface area contributed by atoms with E-state index < -0.39 is 26.7 Å². The second-order valence-corrected chi connectivity index (χ2v) is 7.67. The smallest absolute Gasteiger partial charge is 0.235 e. The summed E-state index contributed by atoms with van der Waals surface area (Å²) in [6.07, 6.45) is 0.959. The highest BCUT2D eigenvalue weighted by atomic mass is 32.2. The molecule has 21 heavy (non-hydrogen) atoms. The van der Waals surface area contributed by atoms with Gasteiger partial charge < -0.3 is 10.1 Å². The van der Waals surface area contributed by atoms with Crippen molar-refractivity contribution in [1.29, 1.82) is 0 Å². The largest absolute Gasteiger partial charge is 0.381 e. The predicted octanol–water partition coefficient (Wildman–Crippen LogP) is 1.21. The Kier molecular flexibility index (Phi) is 5.36. The van der Waals surface area contributed by atoms with Crippen molar-refractivity contribution in [2.24, 2.45) is 0 Å². The van der Waals surface area contributed by atoms with Gasteiger partial charge in [-0.05, 0) is 25.3 Å². The maximum atomic E-state index is 12.1. The third-order valence-corrected chi connectivity index (χ3v) is 5.73. The number of benzene rings is 1. The Bertz CT molecular complexity index is 591. The van der Waals surface area contributed by atoms with Gasteiger partial charge in [-0.15, -0.1) is 0 Å². The predicted molar refractivity (Wildman–Crippen MR) is 80.7 cm³/mol. The summed E-state index contributed by atoms with van der Waals surface area (Å²) in [7, 11) is -3.39. The maximum Gasteiger partial charge on any atom is 0.235 e. The molecule has 0 atom stereocenters. The van der Waals surface area contributed by atoms with Gasteiger partial charge in [-0.2, -0.15) is 0 Å². The van der Waals surface area contributed by atoms with Crippen molar-refractivity contribution in [3.63, 3.8) is 0 Å². The Hall–Kier alpha value is -1.40. The van der Waals surface area contributed by atoms with Crippen LogP contribution in [0.2, 0.25) is 0 Å². The van der Waals surface area contributed by atoms with E-state index in [-0.39, 0.29) is 0 Å². The molecule has 1 fully saturated rings. The second-order valence-electron chi connectivity index (χ2n) is 5.38. The first-order valence-electron chi connectivity index (χ1n) is 7.09. The molecule has 1 aliphatic heterocycles. The Morgan fingerprint density at radius 2 is 2.05 bits per heavy atom. The van der Waals surface area contributed by atoms with Crippen molar-refractivity contribution in [2.75, 3.05) is 19.0 Å². The molecular weight excluding hydrogens is 290 g/mol. The lowest BCUT2D eigenvalue weighted by atomic mass is 10.1. The van der Waals surface area contributed by atoms with Crippen LogP contribution in [0.15, 0.2) is 24.3 Å². The van der Waals surface area contributed by atoms with E-state index in [1.54, 1.807) is 0 Å². The van der Waals surface area contributed by atoms with Crippen molar-refractivity contribution in [3.8, 4) is 0 Å². The minimum atomic E-state index is -3.39. The highest BCUT2D eigenvalue weighted by Crippen LogP contribution is 2.16. The summed E-state index contributed by atoms with van der Waals surface area (Å²) in [6.45, 7) is 3.23. The number of amides is 1. The molecule has 0 aliphatic carbocycles. The highest BCUT2D eigenvalue weighted by Gasteiger charge is 2.29. The Morgan fingerprint density at radius 3 is 2.71 bits per heavy atom. The molecule has 5 nitrogen and oxygen atoms in total. The Labute approximate surface area is 125 Å². The summed E-state index contributed by atoms with van der Waals surface area (Å²) in [4.78, 5) is 11.8. The first-order valence-corrected chi connectivity index (χ1v) is 8.80. The topological polar surface area (TPSA) is 72.5 Å². The minimum Gasteiger partial charge on any atom is -0.381 e. The molecule has 0 radical (unpaired) electrons. The molecule has 1 saturated heterocycles. The summed E-state index contributed by atoms with van der Waals surface area (Å²) >= 11 is 0. The Morgan fingerprint density at radius 1 is 1.33 bits per heavy atom. The SMILES string of the molecule is Cc1cccc(CNC(=O)CS(=O)(=O)C2CCOCC2)c1. The van der Waals surface area contributed by atoms with E-state index in [0.717, 1.165) is 11.1 Å². The van der Waals surface area contributed by atoms with Crippen molar-refractivity contribution in [2.45, 2.75) is 31.6 Å². The average molecular weight is 311 g/mol. The highest BCUT2D eigenvalue weighted by molar-refractivity contribution is 7.92. The first-order chi connectivity index (χ1) is 9.97. The van der Waals surface area contributed by atoms with Crippen LogP contribution in [0.25, 0.3) is 0 Å². The van der Waals surface area contributed by atoms with E-state index in [1.807, 2.05) is 31.2 Å². The van der Waals surface area contributed by atoms with Gasteiger partial charge in [-0.3, -0.25) is 4.79 Å². The lowest BCUT2D eigenvalue weighted by Crippen LogP contribution is -2.37. The van der Waals surface area contributed by atoms with Gasteiger partial charge >= 0.3 is 0 Å². The molecule has 6 heteroatoms. The number of hydrogen-bond donors (Lipinski definition) is 1. The lowest BCUT2D eigenvalue weighted by molar-refractivity contribution is -0.118. The zero-order valence-corrected chi connectivity index (χ0v) is 13.0. The summed E-state index contributed by atoms with van der Waals surface area (Å²) in [5.41, 5.74) is 2.07. The second kappa shape index (κ2) is 7.04. The molecule has 0 aromatic heterocycles. The van der Waals surface area contributed by atoms with Crippen LogP contribution < -0.4 is 5.32 Å². The molecule has 2 rings (SSSR count). The monoisotopic (exact) mass is 311 g/mol. The number of carbonyl (C=O) groups is 1. The number of ether oxygens (including phenoxy) is 1. The van der Waals surface area contributed by atoms with Gasteiger partial charge in [0.05, 0.1) is 5.25 Å². The lowest BCUT2D eigenvalue weighted by Gasteiger charge is -2.21. The molecule has 1 aromatic carbocycles. The number of nitrogens with one attached hydrogen (secondary N) is 1. The molecule has 1 amide bonds. The molecule has 1 aliphatic rings. The molecular formula is C15H21NO4S. The normalized spacial score (nSPS) is 16.6. The maximum absolute atomic E-state index is 12.1. The molecule has 0 saturated carbocycles. The quantitative estimate of drug-likeness (QED) is 0.887. The van der Waals surface area contributed by atoms with E-state index in [2.05, 4.69) is 5.32 Å². The van der Waals surface area contributed by atoms with Gasteiger partial charge in [-0.1, -0.05) is 29.8 Å². The van der Waals surface area contributed by atoms with Crippen molar-refractivity contribution in [1.82, 2.24) is 5.32 Å². The van der Waals surface area contributed by atoms with Crippen LogP contribution in [0, 0.1) is 6.92 Å². The van der Waals surface area contributed by atoms with Gasteiger partial charge in [0.15, 0.2) is 9.84 Å². The van der Waals surface area contributed by atoms with Crippen molar-refractivity contribution >= 4 is 15.7 Å². The fraction of sp³-hybridized carbons (Fsp3) is 0.533. The third-order valence-electron chi connectivity index (χ3n) is 3.58. The number of carbonyl (C=O) groups excluding carboxylic acids is 1. The van der Waals surface area contributed by atoms with E-state index in [4.69, 9.17) is 4.74 Å². The number of hydrogen-bond acceptors (Lipinski definition) is 4. The number of sulfone groups is 1. The van der Waals surface area contributed by atoms with Gasteiger partial charge in [0.25, 0.3) is 0 Å². The molecule has 1 aromatic rings. The van der Waals surface area contributed by atoms with Crippen LogP contribution in [-0.2, 0) is 25.9 Å². The fourth-order valence-electron chi connectivity index (χ4n) is 2.41. The first kappa shape index (κ1) is 16.0. The third kappa shape index (κ3) is 4.82. The van der Waals surface area contributed by atoms with Gasteiger partial charge in [0.1, 0.15) is 5.75 Å². The van der Waals surface area contributed by atoms with E-state index >= 15 is 0 Å².